The van der Waals surface area contributed by atoms with Gasteiger partial charge in [-0.15, -0.1) is 11.3 Å². The van der Waals surface area contributed by atoms with Gasteiger partial charge in [-0.1, -0.05) is 12.1 Å². The highest BCUT2D eigenvalue weighted by Crippen LogP contribution is 2.25. The Morgan fingerprint density at radius 3 is 2.71 bits per heavy atom. The van der Waals surface area contributed by atoms with Crippen LogP contribution in [0, 0.1) is 12.7 Å². The van der Waals surface area contributed by atoms with Crippen LogP contribution in [0.2, 0.25) is 0 Å². The molecule has 5 heteroatoms. The molecule has 114 valence electrons. The molecule has 0 saturated heterocycles. The first-order chi connectivity index (χ1) is 9.85. The van der Waals surface area contributed by atoms with Crippen LogP contribution in [0.1, 0.15) is 37.0 Å². The van der Waals surface area contributed by atoms with E-state index < -0.39 is 0 Å². The standard InChI is InChI=1S/C16H21FN2OS/c1-11-10-21-14(19-11)9-20-15-12(6-5-7-13(15)17)8-18-16(2,3)4/h5-7,10,18H,8-9H2,1-4H3. The lowest BCUT2D eigenvalue weighted by Crippen LogP contribution is -2.35. The third kappa shape index (κ3) is 4.79. The Hall–Kier alpha value is -1.46. The van der Waals surface area contributed by atoms with E-state index >= 15 is 0 Å². The first-order valence-electron chi connectivity index (χ1n) is 6.91. The number of nitrogens with one attached hydrogen (secondary N) is 1. The van der Waals surface area contributed by atoms with Crippen LogP contribution in [0.5, 0.6) is 5.75 Å². The molecule has 0 unspecified atom stereocenters. The van der Waals surface area contributed by atoms with E-state index in [-0.39, 0.29) is 11.4 Å². The summed E-state index contributed by atoms with van der Waals surface area (Å²) in [6, 6.07) is 5.00. The molecule has 0 aliphatic carbocycles. The van der Waals surface area contributed by atoms with Crippen molar-refractivity contribution in [3.63, 3.8) is 0 Å². The van der Waals surface area contributed by atoms with Gasteiger partial charge in [-0.3, -0.25) is 0 Å². The van der Waals surface area contributed by atoms with Gasteiger partial charge in [-0.2, -0.15) is 0 Å². The van der Waals surface area contributed by atoms with Crippen LogP contribution >= 0.6 is 11.3 Å². The van der Waals surface area contributed by atoms with E-state index in [4.69, 9.17) is 4.74 Å². The predicted octanol–water partition coefficient (Wildman–Crippen LogP) is 4.06. The number of nitrogens with zero attached hydrogens (tertiary/aromatic N) is 1. The Morgan fingerprint density at radius 2 is 2.10 bits per heavy atom. The van der Waals surface area contributed by atoms with Gasteiger partial charge in [0.1, 0.15) is 11.6 Å². The largest absolute Gasteiger partial charge is 0.483 e. The van der Waals surface area contributed by atoms with Crippen molar-refractivity contribution in [2.45, 2.75) is 46.4 Å². The molecule has 0 atom stereocenters. The normalized spacial score (nSPS) is 11.7. The zero-order valence-electron chi connectivity index (χ0n) is 12.9. The van der Waals surface area contributed by atoms with Gasteiger partial charge in [0, 0.05) is 28.7 Å². The number of para-hydroxylation sites is 1. The third-order valence-electron chi connectivity index (χ3n) is 2.86. The Labute approximate surface area is 129 Å². The number of ether oxygens (including phenoxy) is 1. The summed E-state index contributed by atoms with van der Waals surface area (Å²) in [4.78, 5) is 4.33. The molecule has 0 fully saturated rings. The van der Waals surface area contributed by atoms with Gasteiger partial charge < -0.3 is 10.1 Å². The summed E-state index contributed by atoms with van der Waals surface area (Å²) in [6.45, 7) is 9.01. The summed E-state index contributed by atoms with van der Waals surface area (Å²) < 4.78 is 19.7. The second-order valence-corrected chi connectivity index (χ2v) is 6.95. The molecule has 3 nitrogen and oxygen atoms in total. The van der Waals surface area contributed by atoms with E-state index in [1.807, 2.05) is 18.4 Å². The Balaban J connectivity index is 2.10. The van der Waals surface area contributed by atoms with E-state index in [0.717, 1.165) is 16.3 Å². The van der Waals surface area contributed by atoms with Gasteiger partial charge in [0.15, 0.2) is 11.6 Å². The summed E-state index contributed by atoms with van der Waals surface area (Å²) in [5.41, 5.74) is 1.75. The van der Waals surface area contributed by atoms with Gasteiger partial charge in [-0.05, 0) is 33.8 Å². The van der Waals surface area contributed by atoms with Gasteiger partial charge in [0.25, 0.3) is 0 Å². The number of benzene rings is 1. The quantitative estimate of drug-likeness (QED) is 0.904. The molecule has 0 spiro atoms. The number of hydrogen-bond acceptors (Lipinski definition) is 4. The summed E-state index contributed by atoms with van der Waals surface area (Å²) >= 11 is 1.52. The fraction of sp³-hybridized carbons (Fsp3) is 0.438. The third-order valence-corrected chi connectivity index (χ3v) is 3.80. The van der Waals surface area contributed by atoms with Gasteiger partial charge in [0.2, 0.25) is 0 Å². The second kappa shape index (κ2) is 6.54. The van der Waals surface area contributed by atoms with Crippen molar-refractivity contribution in [3.05, 3.63) is 45.7 Å². The average molecular weight is 308 g/mol. The molecule has 1 N–H and O–H groups in total. The summed E-state index contributed by atoms with van der Waals surface area (Å²) in [5, 5.41) is 6.16. The summed E-state index contributed by atoms with van der Waals surface area (Å²) in [7, 11) is 0. The molecular weight excluding hydrogens is 287 g/mol. The van der Waals surface area contributed by atoms with Gasteiger partial charge >= 0.3 is 0 Å². The summed E-state index contributed by atoms with van der Waals surface area (Å²) in [6.07, 6.45) is 0. The van der Waals surface area contributed by atoms with Gasteiger partial charge in [0.05, 0.1) is 0 Å². The fourth-order valence-electron chi connectivity index (χ4n) is 1.82. The van der Waals surface area contributed by atoms with Crippen molar-refractivity contribution in [2.24, 2.45) is 0 Å². The average Bonchev–Trinajstić information content (AvgIpc) is 2.80. The molecule has 1 aromatic heterocycles. The highest BCUT2D eigenvalue weighted by atomic mass is 32.1. The van der Waals surface area contributed by atoms with Crippen LogP contribution in [-0.4, -0.2) is 10.5 Å². The van der Waals surface area contributed by atoms with Crippen LogP contribution in [-0.2, 0) is 13.2 Å². The lowest BCUT2D eigenvalue weighted by atomic mass is 10.1. The maximum absolute atomic E-state index is 14.0. The van der Waals surface area contributed by atoms with Crippen molar-refractivity contribution in [2.75, 3.05) is 0 Å². The van der Waals surface area contributed by atoms with Crippen molar-refractivity contribution in [1.29, 1.82) is 0 Å². The highest BCUT2D eigenvalue weighted by Gasteiger charge is 2.14. The lowest BCUT2D eigenvalue weighted by Gasteiger charge is -2.21. The monoisotopic (exact) mass is 308 g/mol. The van der Waals surface area contributed by atoms with Crippen LogP contribution in [0.15, 0.2) is 23.6 Å². The molecular formula is C16H21FN2OS. The molecule has 2 rings (SSSR count). The minimum atomic E-state index is -0.337. The molecule has 0 bridgehead atoms. The highest BCUT2D eigenvalue weighted by molar-refractivity contribution is 7.09. The van der Waals surface area contributed by atoms with Crippen molar-refractivity contribution >= 4 is 11.3 Å². The van der Waals surface area contributed by atoms with Crippen LogP contribution in [0.3, 0.4) is 0 Å². The van der Waals surface area contributed by atoms with Crippen LogP contribution in [0.25, 0.3) is 0 Å². The number of halogens is 1. The molecule has 21 heavy (non-hydrogen) atoms. The van der Waals surface area contributed by atoms with Crippen molar-refractivity contribution in [3.8, 4) is 5.75 Å². The van der Waals surface area contributed by atoms with E-state index in [9.17, 15) is 4.39 Å². The Kier molecular flexibility index (Phi) is 4.96. The van der Waals surface area contributed by atoms with Crippen molar-refractivity contribution < 1.29 is 9.13 Å². The molecule has 0 radical (unpaired) electrons. The smallest absolute Gasteiger partial charge is 0.165 e. The topological polar surface area (TPSA) is 34.1 Å². The predicted molar refractivity (Wildman–Crippen MR) is 84.2 cm³/mol. The zero-order chi connectivity index (χ0) is 15.5. The molecule has 1 heterocycles. The van der Waals surface area contributed by atoms with E-state index in [1.165, 1.54) is 17.4 Å². The number of rotatable bonds is 5. The Bertz CT molecular complexity index is 605. The fourth-order valence-corrected chi connectivity index (χ4v) is 2.50. The maximum atomic E-state index is 14.0. The number of aryl methyl sites for hydroxylation is 1. The van der Waals surface area contributed by atoms with E-state index in [1.54, 1.807) is 6.07 Å². The lowest BCUT2D eigenvalue weighted by molar-refractivity contribution is 0.283. The number of aromatic nitrogens is 1. The molecule has 0 aliphatic rings. The molecule has 1 aromatic carbocycles. The minimum Gasteiger partial charge on any atom is -0.483 e. The molecule has 0 aliphatic heterocycles. The summed E-state index contributed by atoms with van der Waals surface area (Å²) in [5.74, 6) is -0.0291. The SMILES string of the molecule is Cc1csc(COc2c(F)cccc2CNC(C)(C)C)n1. The number of hydrogen-bond donors (Lipinski definition) is 1. The molecule has 0 amide bonds. The van der Waals surface area contributed by atoms with Crippen LogP contribution in [0.4, 0.5) is 4.39 Å². The first kappa shape index (κ1) is 15.9. The van der Waals surface area contributed by atoms with Gasteiger partial charge in [-0.25, -0.2) is 9.37 Å². The maximum Gasteiger partial charge on any atom is 0.165 e. The van der Waals surface area contributed by atoms with E-state index in [2.05, 4.69) is 31.1 Å². The van der Waals surface area contributed by atoms with Crippen LogP contribution < -0.4 is 10.1 Å². The molecule has 2 aromatic rings. The van der Waals surface area contributed by atoms with Crippen molar-refractivity contribution in [1.82, 2.24) is 10.3 Å². The zero-order valence-corrected chi connectivity index (χ0v) is 13.7. The Morgan fingerprint density at radius 1 is 1.33 bits per heavy atom. The van der Waals surface area contributed by atoms with E-state index in [0.29, 0.717) is 18.9 Å². The molecule has 0 saturated carbocycles. The minimum absolute atomic E-state index is 0.0317. The number of thiazole rings is 1. The first-order valence-corrected chi connectivity index (χ1v) is 7.79. The second-order valence-electron chi connectivity index (χ2n) is 6.00.